The Morgan fingerprint density at radius 1 is 1.14 bits per heavy atom. The fourth-order valence-electron chi connectivity index (χ4n) is 2.14. The third-order valence-corrected chi connectivity index (χ3v) is 3.27. The molecular weight excluding hydrogens is 268 g/mol. The van der Waals surface area contributed by atoms with E-state index < -0.39 is 6.04 Å². The van der Waals surface area contributed by atoms with Crippen LogP contribution in [0.1, 0.15) is 22.0 Å². The first-order valence-electron chi connectivity index (χ1n) is 6.55. The summed E-state index contributed by atoms with van der Waals surface area (Å²) in [6, 6.07) is 14.0. The van der Waals surface area contributed by atoms with E-state index in [1.807, 2.05) is 30.3 Å². The Morgan fingerprint density at radius 3 is 2.67 bits per heavy atom. The van der Waals surface area contributed by atoms with Crippen molar-refractivity contribution in [3.8, 4) is 0 Å². The molecule has 1 atom stereocenters. The summed E-state index contributed by atoms with van der Waals surface area (Å²) >= 11 is 0. The van der Waals surface area contributed by atoms with Gasteiger partial charge in [0, 0.05) is 5.56 Å². The average molecular weight is 282 g/mol. The fourth-order valence-corrected chi connectivity index (χ4v) is 2.14. The normalized spacial score (nSPS) is 12.2. The van der Waals surface area contributed by atoms with E-state index in [9.17, 15) is 9.90 Å². The van der Waals surface area contributed by atoms with Crippen LogP contribution in [0, 0.1) is 0 Å². The lowest BCUT2D eigenvalue weighted by molar-refractivity contribution is 0.0916. The first-order valence-corrected chi connectivity index (χ1v) is 6.55. The molecule has 0 bridgehead atoms. The van der Waals surface area contributed by atoms with Crippen LogP contribution in [-0.4, -0.2) is 33.0 Å². The smallest absolute Gasteiger partial charge is 0.251 e. The number of aliphatic hydroxyl groups is 1. The summed E-state index contributed by atoms with van der Waals surface area (Å²) in [4.78, 5) is 12.3. The molecule has 3 rings (SSSR count). The molecular formula is C15H14N4O2. The maximum absolute atomic E-state index is 12.3. The van der Waals surface area contributed by atoms with E-state index in [0.717, 1.165) is 5.56 Å². The highest BCUT2D eigenvalue weighted by atomic mass is 16.3. The molecule has 1 amide bonds. The Balaban J connectivity index is 1.81. The van der Waals surface area contributed by atoms with Gasteiger partial charge in [-0.15, -0.1) is 0 Å². The highest BCUT2D eigenvalue weighted by molar-refractivity contribution is 5.97. The summed E-state index contributed by atoms with van der Waals surface area (Å²) in [6.07, 6.45) is 0. The van der Waals surface area contributed by atoms with Crippen molar-refractivity contribution in [2.45, 2.75) is 6.04 Å². The third kappa shape index (κ3) is 2.75. The average Bonchev–Trinajstić information content (AvgIpc) is 3.00. The Morgan fingerprint density at radius 2 is 1.90 bits per heavy atom. The molecule has 6 heteroatoms. The zero-order valence-electron chi connectivity index (χ0n) is 11.2. The van der Waals surface area contributed by atoms with Gasteiger partial charge in [0.25, 0.3) is 5.91 Å². The predicted octanol–water partition coefficient (Wildman–Crippen LogP) is 1.42. The zero-order valence-corrected chi connectivity index (χ0v) is 11.2. The van der Waals surface area contributed by atoms with Crippen LogP contribution in [0.25, 0.3) is 11.0 Å². The van der Waals surface area contributed by atoms with E-state index in [0.29, 0.717) is 16.6 Å². The van der Waals surface area contributed by atoms with Crippen LogP contribution in [0.3, 0.4) is 0 Å². The highest BCUT2D eigenvalue weighted by Crippen LogP contribution is 2.14. The van der Waals surface area contributed by atoms with Crippen molar-refractivity contribution in [2.24, 2.45) is 0 Å². The van der Waals surface area contributed by atoms with Crippen molar-refractivity contribution in [3.63, 3.8) is 0 Å². The number of rotatable bonds is 4. The summed E-state index contributed by atoms with van der Waals surface area (Å²) < 4.78 is 0. The first kappa shape index (κ1) is 13.3. The summed E-state index contributed by atoms with van der Waals surface area (Å²) in [5.41, 5.74) is 2.66. The van der Waals surface area contributed by atoms with Gasteiger partial charge < -0.3 is 10.4 Å². The standard InChI is InChI=1S/C15H14N4O2/c20-9-14(10-4-2-1-3-5-10)16-15(21)11-6-7-12-13(8-11)18-19-17-12/h1-8,14,20H,9H2,(H,16,21)(H,17,18,19)/t14-/m0/s1. The molecule has 0 aliphatic heterocycles. The number of aliphatic hydroxyl groups excluding tert-OH is 1. The molecule has 106 valence electrons. The number of benzene rings is 2. The number of aromatic amines is 1. The molecule has 1 heterocycles. The monoisotopic (exact) mass is 282 g/mol. The molecule has 1 aromatic heterocycles. The molecule has 0 spiro atoms. The molecule has 0 saturated heterocycles. The fraction of sp³-hybridized carbons (Fsp3) is 0.133. The zero-order chi connectivity index (χ0) is 14.7. The molecule has 0 aliphatic rings. The largest absolute Gasteiger partial charge is 0.394 e. The summed E-state index contributed by atoms with van der Waals surface area (Å²) in [5.74, 6) is -0.261. The van der Waals surface area contributed by atoms with Crippen molar-refractivity contribution in [1.82, 2.24) is 20.7 Å². The number of hydrogen-bond donors (Lipinski definition) is 3. The SMILES string of the molecule is O=C(N[C@@H](CO)c1ccccc1)c1ccc2n[nH]nc2c1. The van der Waals surface area contributed by atoms with Gasteiger partial charge in [-0.25, -0.2) is 0 Å². The lowest BCUT2D eigenvalue weighted by atomic mass is 10.1. The molecule has 2 aromatic carbocycles. The molecule has 0 radical (unpaired) electrons. The maximum atomic E-state index is 12.3. The van der Waals surface area contributed by atoms with E-state index in [1.165, 1.54) is 0 Å². The second kappa shape index (κ2) is 5.72. The summed E-state index contributed by atoms with van der Waals surface area (Å²) in [5, 5.41) is 22.7. The molecule has 0 saturated carbocycles. The molecule has 3 aromatic rings. The van der Waals surface area contributed by atoms with Gasteiger partial charge in [0.05, 0.1) is 12.6 Å². The Hall–Kier alpha value is -2.73. The summed E-state index contributed by atoms with van der Waals surface area (Å²) in [6.45, 7) is -0.165. The predicted molar refractivity (Wildman–Crippen MR) is 77.6 cm³/mol. The number of amides is 1. The van der Waals surface area contributed by atoms with Gasteiger partial charge in [-0.1, -0.05) is 30.3 Å². The van der Waals surface area contributed by atoms with Crippen LogP contribution in [0.2, 0.25) is 0 Å². The Kier molecular flexibility index (Phi) is 3.61. The van der Waals surface area contributed by atoms with Gasteiger partial charge >= 0.3 is 0 Å². The Labute approximate surface area is 120 Å². The minimum Gasteiger partial charge on any atom is -0.394 e. The van der Waals surface area contributed by atoms with Gasteiger partial charge in [-0.2, -0.15) is 15.4 Å². The third-order valence-electron chi connectivity index (χ3n) is 3.27. The molecule has 6 nitrogen and oxygen atoms in total. The van der Waals surface area contributed by atoms with Crippen molar-refractivity contribution in [3.05, 3.63) is 59.7 Å². The first-order chi connectivity index (χ1) is 10.3. The highest BCUT2D eigenvalue weighted by Gasteiger charge is 2.15. The van der Waals surface area contributed by atoms with Crippen molar-refractivity contribution >= 4 is 16.9 Å². The second-order valence-electron chi connectivity index (χ2n) is 4.65. The van der Waals surface area contributed by atoms with E-state index in [4.69, 9.17) is 0 Å². The van der Waals surface area contributed by atoms with Crippen molar-refractivity contribution in [1.29, 1.82) is 0 Å². The van der Waals surface area contributed by atoms with Crippen molar-refractivity contribution in [2.75, 3.05) is 6.61 Å². The number of hydrogen-bond acceptors (Lipinski definition) is 4. The van der Waals surface area contributed by atoms with Gasteiger partial charge in [-0.05, 0) is 23.8 Å². The second-order valence-corrected chi connectivity index (χ2v) is 4.65. The van der Waals surface area contributed by atoms with Crippen LogP contribution in [0.5, 0.6) is 0 Å². The summed E-state index contributed by atoms with van der Waals surface area (Å²) in [7, 11) is 0. The minimum absolute atomic E-state index is 0.165. The van der Waals surface area contributed by atoms with Gasteiger partial charge in [0.15, 0.2) is 0 Å². The Bertz CT molecular complexity index is 754. The number of carbonyl (C=O) groups excluding carboxylic acids is 1. The van der Waals surface area contributed by atoms with Crippen LogP contribution in [0.4, 0.5) is 0 Å². The number of carbonyl (C=O) groups is 1. The number of H-pyrrole nitrogens is 1. The molecule has 0 aliphatic carbocycles. The van der Waals surface area contributed by atoms with Crippen LogP contribution in [0.15, 0.2) is 48.5 Å². The van der Waals surface area contributed by atoms with E-state index in [2.05, 4.69) is 20.7 Å². The van der Waals surface area contributed by atoms with Gasteiger partial charge in [-0.3, -0.25) is 4.79 Å². The van der Waals surface area contributed by atoms with Crippen LogP contribution in [-0.2, 0) is 0 Å². The lowest BCUT2D eigenvalue weighted by Crippen LogP contribution is -2.30. The molecule has 21 heavy (non-hydrogen) atoms. The topological polar surface area (TPSA) is 90.9 Å². The van der Waals surface area contributed by atoms with Gasteiger partial charge in [0.1, 0.15) is 11.0 Å². The lowest BCUT2D eigenvalue weighted by Gasteiger charge is -2.16. The van der Waals surface area contributed by atoms with Gasteiger partial charge in [0.2, 0.25) is 0 Å². The molecule has 0 unspecified atom stereocenters. The van der Waals surface area contributed by atoms with E-state index in [-0.39, 0.29) is 12.5 Å². The molecule has 3 N–H and O–H groups in total. The molecule has 0 fully saturated rings. The quantitative estimate of drug-likeness (QED) is 0.675. The van der Waals surface area contributed by atoms with E-state index >= 15 is 0 Å². The van der Waals surface area contributed by atoms with Crippen molar-refractivity contribution < 1.29 is 9.90 Å². The number of aromatic nitrogens is 3. The van der Waals surface area contributed by atoms with Crippen LogP contribution < -0.4 is 5.32 Å². The number of fused-ring (bicyclic) bond motifs is 1. The van der Waals surface area contributed by atoms with E-state index in [1.54, 1.807) is 18.2 Å². The van der Waals surface area contributed by atoms with Crippen LogP contribution >= 0.6 is 0 Å². The number of nitrogens with zero attached hydrogens (tertiary/aromatic N) is 2. The number of nitrogens with one attached hydrogen (secondary N) is 2. The maximum Gasteiger partial charge on any atom is 0.251 e. The minimum atomic E-state index is -0.438.